The number of hydrogen-bond acceptors (Lipinski definition) is 5. The highest BCUT2D eigenvalue weighted by Crippen LogP contribution is 2.32. The number of aliphatic imine (C=N–C) groups is 1. The number of amidine groups is 1. The zero-order chi connectivity index (χ0) is 21.0. The third-order valence-corrected chi connectivity index (χ3v) is 5.78. The molecule has 1 saturated heterocycles. The van der Waals surface area contributed by atoms with Gasteiger partial charge < -0.3 is 4.90 Å². The Hall–Kier alpha value is -2.94. The molecule has 9 heteroatoms. The number of hydrogen-bond donors (Lipinski definition) is 0. The van der Waals surface area contributed by atoms with E-state index in [1.807, 2.05) is 35.2 Å². The van der Waals surface area contributed by atoms with E-state index in [1.165, 1.54) is 29.1 Å². The molecule has 0 N–H and O–H groups in total. The summed E-state index contributed by atoms with van der Waals surface area (Å²) in [5.74, 6) is -0.589. The minimum absolute atomic E-state index is 0.102. The number of amides is 1. The van der Waals surface area contributed by atoms with Crippen molar-refractivity contribution in [1.29, 1.82) is 0 Å². The van der Waals surface area contributed by atoms with Gasteiger partial charge in [0, 0.05) is 38.4 Å². The monoisotopic (exact) mass is 416 g/mol. The van der Waals surface area contributed by atoms with E-state index in [0.717, 1.165) is 29.8 Å². The second-order valence-corrected chi connectivity index (χ2v) is 7.57. The lowest BCUT2D eigenvalue weighted by molar-refractivity contribution is -0.384. The Balaban J connectivity index is 1.79. The van der Waals surface area contributed by atoms with Crippen LogP contribution in [0.5, 0.6) is 0 Å². The summed E-state index contributed by atoms with van der Waals surface area (Å²) < 4.78 is 14.4. The van der Waals surface area contributed by atoms with Crippen molar-refractivity contribution in [2.24, 2.45) is 4.99 Å². The van der Waals surface area contributed by atoms with Crippen LogP contribution in [0, 0.1) is 15.9 Å². The normalized spacial score (nSPS) is 17.6. The summed E-state index contributed by atoms with van der Waals surface area (Å²) in [7, 11) is 1.79. The number of nitro benzene ring substituents is 1. The van der Waals surface area contributed by atoms with Gasteiger partial charge in [0.25, 0.3) is 5.69 Å². The van der Waals surface area contributed by atoms with Gasteiger partial charge in [0.05, 0.1) is 10.6 Å². The van der Waals surface area contributed by atoms with Gasteiger partial charge in [-0.15, -0.1) is 0 Å². The molecule has 0 bridgehead atoms. The van der Waals surface area contributed by atoms with Crippen molar-refractivity contribution in [3.05, 3.63) is 70.0 Å². The number of thioether (sulfide) groups is 1. The second kappa shape index (κ2) is 9.04. The third-order valence-electron chi connectivity index (χ3n) is 4.64. The zero-order valence-electron chi connectivity index (χ0n) is 16.1. The van der Waals surface area contributed by atoms with Gasteiger partial charge in [0.15, 0.2) is 5.17 Å². The molecule has 1 aliphatic heterocycles. The molecule has 0 saturated carbocycles. The van der Waals surface area contributed by atoms with Crippen LogP contribution in [0.25, 0.3) is 0 Å². The number of non-ortho nitro benzene ring substituents is 1. The first-order valence-electron chi connectivity index (χ1n) is 9.06. The topological polar surface area (TPSA) is 79.0 Å². The zero-order valence-corrected chi connectivity index (χ0v) is 16.9. The minimum atomic E-state index is -0.682. The van der Waals surface area contributed by atoms with E-state index < -0.39 is 22.8 Å². The molecule has 1 atom stereocenters. The maximum absolute atomic E-state index is 14.4. The third kappa shape index (κ3) is 4.73. The van der Waals surface area contributed by atoms with Gasteiger partial charge in [-0.2, -0.15) is 0 Å². The molecular formula is C20H21FN4O3S. The minimum Gasteiger partial charge on any atom is -0.333 e. The van der Waals surface area contributed by atoms with Gasteiger partial charge >= 0.3 is 0 Å². The van der Waals surface area contributed by atoms with Gasteiger partial charge in [-0.3, -0.25) is 24.8 Å². The van der Waals surface area contributed by atoms with Gasteiger partial charge in [0.1, 0.15) is 12.0 Å². The number of anilines is 1. The number of carbonyl (C=O) groups excluding carboxylic acids is 1. The lowest BCUT2D eigenvalue weighted by Crippen LogP contribution is -2.48. The molecule has 1 fully saturated rings. The van der Waals surface area contributed by atoms with Crippen LogP contribution in [0.2, 0.25) is 0 Å². The van der Waals surface area contributed by atoms with Crippen LogP contribution in [0.4, 0.5) is 15.8 Å². The van der Waals surface area contributed by atoms with Crippen molar-refractivity contribution in [2.45, 2.75) is 19.5 Å². The lowest BCUT2D eigenvalue weighted by atomic mass is 10.2. The molecule has 2 aromatic rings. The van der Waals surface area contributed by atoms with Crippen molar-refractivity contribution in [2.75, 3.05) is 24.2 Å². The van der Waals surface area contributed by atoms with Crippen molar-refractivity contribution in [3.8, 4) is 0 Å². The molecule has 0 spiro atoms. The highest BCUT2D eigenvalue weighted by Gasteiger charge is 2.36. The predicted octanol–water partition coefficient (Wildman–Crippen LogP) is 3.69. The second-order valence-electron chi connectivity index (χ2n) is 6.58. The largest absolute Gasteiger partial charge is 0.333 e. The molecule has 152 valence electrons. The van der Waals surface area contributed by atoms with Gasteiger partial charge in [-0.1, -0.05) is 42.1 Å². The van der Waals surface area contributed by atoms with E-state index in [0.29, 0.717) is 12.3 Å². The van der Waals surface area contributed by atoms with Crippen LogP contribution in [0.15, 0.2) is 53.5 Å². The van der Waals surface area contributed by atoms with E-state index in [4.69, 9.17) is 0 Å². The Morgan fingerprint density at radius 3 is 2.72 bits per heavy atom. The highest BCUT2D eigenvalue weighted by molar-refractivity contribution is 8.14. The number of carbonyl (C=O) groups is 1. The molecular weight excluding hydrogens is 395 g/mol. The summed E-state index contributed by atoms with van der Waals surface area (Å²) in [4.78, 5) is 30.5. The Morgan fingerprint density at radius 2 is 2.07 bits per heavy atom. The molecule has 0 aliphatic carbocycles. The Kier molecular flexibility index (Phi) is 6.48. The molecule has 1 unspecified atom stereocenters. The number of rotatable bonds is 6. The van der Waals surface area contributed by atoms with Crippen LogP contribution >= 0.6 is 11.8 Å². The van der Waals surface area contributed by atoms with Crippen LogP contribution in [0.1, 0.15) is 12.5 Å². The van der Waals surface area contributed by atoms with Crippen molar-refractivity contribution in [1.82, 2.24) is 4.90 Å². The summed E-state index contributed by atoms with van der Waals surface area (Å²) >= 11 is 1.48. The van der Waals surface area contributed by atoms with Gasteiger partial charge in [-0.25, -0.2) is 4.39 Å². The van der Waals surface area contributed by atoms with Crippen molar-refractivity contribution >= 4 is 34.2 Å². The molecule has 0 radical (unpaired) electrons. The molecule has 2 aromatic carbocycles. The number of halogens is 1. The summed E-state index contributed by atoms with van der Waals surface area (Å²) in [6.45, 7) is 1.91. The average Bonchev–Trinajstić information content (AvgIpc) is 3.04. The standard InChI is InChI=1S/C20H21FN4O3S/c1-14(26)24(18-12-16(25(27)28)8-9-17(18)21)19-13-29-20(23(19)2)22-11-10-15-6-4-3-5-7-15/h3-9,12,19H,10-11,13H2,1-2H3. The first-order valence-corrected chi connectivity index (χ1v) is 10.0. The van der Waals surface area contributed by atoms with E-state index in [-0.39, 0.29) is 11.4 Å². The van der Waals surface area contributed by atoms with E-state index in [2.05, 4.69) is 4.99 Å². The first kappa shape index (κ1) is 20.8. The molecule has 7 nitrogen and oxygen atoms in total. The van der Waals surface area contributed by atoms with Gasteiger partial charge in [-0.05, 0) is 18.1 Å². The lowest BCUT2D eigenvalue weighted by Gasteiger charge is -2.32. The van der Waals surface area contributed by atoms with Crippen LogP contribution in [-0.4, -0.2) is 46.4 Å². The Bertz CT molecular complexity index is 939. The summed E-state index contributed by atoms with van der Waals surface area (Å²) in [5, 5.41) is 11.8. The number of nitrogens with zero attached hydrogens (tertiary/aromatic N) is 4. The van der Waals surface area contributed by atoms with Crippen LogP contribution in [0.3, 0.4) is 0 Å². The quantitative estimate of drug-likeness (QED) is 0.530. The van der Waals surface area contributed by atoms with E-state index >= 15 is 0 Å². The maximum Gasteiger partial charge on any atom is 0.271 e. The van der Waals surface area contributed by atoms with E-state index in [1.54, 1.807) is 7.05 Å². The first-order chi connectivity index (χ1) is 13.9. The fourth-order valence-corrected chi connectivity index (χ4v) is 4.34. The average molecular weight is 416 g/mol. The summed E-state index contributed by atoms with van der Waals surface area (Å²) in [6.07, 6.45) is 0.309. The molecule has 1 amide bonds. The Labute approximate surface area is 172 Å². The number of benzene rings is 2. The molecule has 3 rings (SSSR count). The SMILES string of the molecule is CC(=O)N(c1cc([N+](=O)[O-])ccc1F)C1CSC(=NCCc2ccccc2)N1C. The summed E-state index contributed by atoms with van der Waals surface area (Å²) in [6, 6.07) is 13.2. The fraction of sp³-hybridized carbons (Fsp3) is 0.300. The number of nitro groups is 1. The van der Waals surface area contributed by atoms with Crippen molar-refractivity contribution < 1.29 is 14.1 Å². The van der Waals surface area contributed by atoms with E-state index in [9.17, 15) is 19.3 Å². The summed E-state index contributed by atoms with van der Waals surface area (Å²) in [5.41, 5.74) is 0.815. The smallest absolute Gasteiger partial charge is 0.271 e. The highest BCUT2D eigenvalue weighted by atomic mass is 32.2. The molecule has 1 heterocycles. The molecule has 0 aromatic heterocycles. The van der Waals surface area contributed by atoms with Crippen LogP contribution in [-0.2, 0) is 11.2 Å². The fourth-order valence-electron chi connectivity index (χ4n) is 3.16. The Morgan fingerprint density at radius 1 is 1.34 bits per heavy atom. The van der Waals surface area contributed by atoms with Crippen LogP contribution < -0.4 is 4.90 Å². The predicted molar refractivity (Wildman–Crippen MR) is 113 cm³/mol. The van der Waals surface area contributed by atoms with Crippen molar-refractivity contribution in [3.63, 3.8) is 0 Å². The maximum atomic E-state index is 14.4. The van der Waals surface area contributed by atoms with Gasteiger partial charge in [0.2, 0.25) is 5.91 Å². The molecule has 1 aliphatic rings. The molecule has 29 heavy (non-hydrogen) atoms.